The van der Waals surface area contributed by atoms with Crippen molar-refractivity contribution in [3.05, 3.63) is 29.8 Å². The third kappa shape index (κ3) is 5.91. The first-order chi connectivity index (χ1) is 10.7. The van der Waals surface area contributed by atoms with Crippen LogP contribution in [0.3, 0.4) is 0 Å². The Kier molecular flexibility index (Phi) is 5.75. The first-order valence-electron chi connectivity index (χ1n) is 6.81. The number of carbonyl (C=O) groups is 1. The van der Waals surface area contributed by atoms with E-state index in [4.69, 9.17) is 4.74 Å². The lowest BCUT2D eigenvalue weighted by atomic mass is 10.1. The second-order valence-corrected chi connectivity index (χ2v) is 7.46. The highest BCUT2D eigenvalue weighted by molar-refractivity contribution is 7.88. The van der Waals surface area contributed by atoms with Crippen molar-refractivity contribution in [1.29, 1.82) is 0 Å². The van der Waals surface area contributed by atoms with E-state index < -0.39 is 39.1 Å². The van der Waals surface area contributed by atoms with Crippen molar-refractivity contribution >= 4 is 16.2 Å². The summed E-state index contributed by atoms with van der Waals surface area (Å²) in [6.45, 7) is 6.58. The van der Waals surface area contributed by atoms with Gasteiger partial charge in [-0.2, -0.15) is 21.6 Å². The maximum Gasteiger partial charge on any atom is 0.534 e. The number of rotatable bonds is 4. The number of alkyl carbamates (subject to hydrolysis) is 1. The Balaban J connectivity index is 2.87. The number of amides is 1. The fraction of sp³-hybridized carbons (Fsp3) is 0.500. The van der Waals surface area contributed by atoms with Crippen LogP contribution in [0.2, 0.25) is 0 Å². The SMILES string of the molecule is C[C@@H](NC(=O)OC(C)(C)C)c1cccc(OS(=O)(=O)C(F)(F)F)c1. The molecule has 0 spiro atoms. The van der Waals surface area contributed by atoms with Crippen LogP contribution < -0.4 is 9.50 Å². The van der Waals surface area contributed by atoms with Crippen molar-refractivity contribution in [2.75, 3.05) is 0 Å². The van der Waals surface area contributed by atoms with Gasteiger partial charge in [-0.3, -0.25) is 0 Å². The zero-order chi connectivity index (χ0) is 18.8. The Morgan fingerprint density at radius 2 is 1.79 bits per heavy atom. The summed E-state index contributed by atoms with van der Waals surface area (Å²) in [4.78, 5) is 11.7. The van der Waals surface area contributed by atoms with Crippen molar-refractivity contribution in [3.8, 4) is 5.75 Å². The molecule has 24 heavy (non-hydrogen) atoms. The predicted octanol–water partition coefficient (Wildman–Crippen LogP) is 3.50. The molecule has 0 radical (unpaired) electrons. The van der Waals surface area contributed by atoms with E-state index in [9.17, 15) is 26.4 Å². The molecule has 0 aliphatic carbocycles. The van der Waals surface area contributed by atoms with Crippen LogP contribution in [-0.4, -0.2) is 25.6 Å². The minimum Gasteiger partial charge on any atom is -0.444 e. The molecule has 0 heterocycles. The summed E-state index contributed by atoms with van der Waals surface area (Å²) in [5.41, 5.74) is -5.89. The van der Waals surface area contributed by atoms with Crippen molar-refractivity contribution in [2.45, 2.75) is 44.8 Å². The molecule has 0 bridgehead atoms. The standard InChI is InChI=1S/C14H18F3NO5S/c1-9(18-12(19)22-13(2,3)4)10-6-5-7-11(8-10)23-24(20,21)14(15,16)17/h5-9H,1-4H3,(H,18,19)/t9-/m1/s1. The molecule has 0 saturated carbocycles. The first-order valence-corrected chi connectivity index (χ1v) is 8.22. The van der Waals surface area contributed by atoms with Crippen LogP contribution in [0.1, 0.15) is 39.3 Å². The maximum atomic E-state index is 12.3. The van der Waals surface area contributed by atoms with E-state index in [1.54, 1.807) is 27.7 Å². The van der Waals surface area contributed by atoms with E-state index in [-0.39, 0.29) is 0 Å². The van der Waals surface area contributed by atoms with Crippen molar-refractivity contribution in [3.63, 3.8) is 0 Å². The van der Waals surface area contributed by atoms with Crippen molar-refractivity contribution < 1.29 is 35.3 Å². The highest BCUT2D eigenvalue weighted by Gasteiger charge is 2.48. The average Bonchev–Trinajstić information content (AvgIpc) is 2.34. The average molecular weight is 369 g/mol. The Labute approximate surface area is 138 Å². The summed E-state index contributed by atoms with van der Waals surface area (Å²) in [5, 5.41) is 2.48. The highest BCUT2D eigenvalue weighted by Crippen LogP contribution is 2.28. The van der Waals surface area contributed by atoms with Gasteiger partial charge in [-0.25, -0.2) is 4.79 Å². The van der Waals surface area contributed by atoms with E-state index in [1.165, 1.54) is 12.1 Å². The molecule has 1 aromatic carbocycles. The van der Waals surface area contributed by atoms with Gasteiger partial charge < -0.3 is 14.2 Å². The van der Waals surface area contributed by atoms with Crippen LogP contribution in [0.5, 0.6) is 5.75 Å². The topological polar surface area (TPSA) is 81.7 Å². The van der Waals surface area contributed by atoms with Gasteiger partial charge >= 0.3 is 21.7 Å². The van der Waals surface area contributed by atoms with Crippen molar-refractivity contribution in [2.24, 2.45) is 0 Å². The predicted molar refractivity (Wildman–Crippen MR) is 79.8 cm³/mol. The second kappa shape index (κ2) is 6.88. The Morgan fingerprint density at radius 3 is 2.29 bits per heavy atom. The molecule has 1 atom stereocenters. The largest absolute Gasteiger partial charge is 0.534 e. The third-order valence-electron chi connectivity index (χ3n) is 2.58. The van der Waals surface area contributed by atoms with Crippen molar-refractivity contribution in [1.82, 2.24) is 5.32 Å². The summed E-state index contributed by atoms with van der Waals surface area (Å²) in [5.74, 6) is -0.511. The van der Waals surface area contributed by atoms with Gasteiger partial charge in [-0.1, -0.05) is 12.1 Å². The second-order valence-electron chi connectivity index (χ2n) is 5.92. The number of hydrogen-bond donors (Lipinski definition) is 1. The number of alkyl halides is 3. The van der Waals surface area contributed by atoms with Gasteiger partial charge in [0.25, 0.3) is 0 Å². The lowest BCUT2D eigenvalue weighted by Crippen LogP contribution is -2.34. The van der Waals surface area contributed by atoms with Crippen LogP contribution in [0.4, 0.5) is 18.0 Å². The molecule has 10 heteroatoms. The summed E-state index contributed by atoms with van der Waals surface area (Å²) >= 11 is 0. The molecule has 1 amide bonds. The zero-order valence-electron chi connectivity index (χ0n) is 13.5. The fourth-order valence-corrected chi connectivity index (χ4v) is 2.03. The Bertz CT molecular complexity index is 695. The van der Waals surface area contributed by atoms with Gasteiger partial charge in [0.1, 0.15) is 11.4 Å². The molecule has 136 valence electrons. The van der Waals surface area contributed by atoms with Crippen LogP contribution in [0.25, 0.3) is 0 Å². The molecule has 0 unspecified atom stereocenters. The van der Waals surface area contributed by atoms with E-state index in [2.05, 4.69) is 9.50 Å². The third-order valence-corrected chi connectivity index (χ3v) is 3.56. The zero-order valence-corrected chi connectivity index (χ0v) is 14.3. The van der Waals surface area contributed by atoms with E-state index in [0.29, 0.717) is 5.56 Å². The molecule has 1 N–H and O–H groups in total. The lowest BCUT2D eigenvalue weighted by Gasteiger charge is -2.22. The number of ether oxygens (including phenoxy) is 1. The van der Waals surface area contributed by atoms with Gasteiger partial charge in [-0.05, 0) is 45.4 Å². The number of halogens is 3. The Morgan fingerprint density at radius 1 is 1.21 bits per heavy atom. The molecule has 0 aromatic heterocycles. The molecule has 0 fully saturated rings. The molecule has 1 rings (SSSR count). The van der Waals surface area contributed by atoms with Crippen LogP contribution >= 0.6 is 0 Å². The lowest BCUT2D eigenvalue weighted by molar-refractivity contribution is -0.0500. The van der Waals surface area contributed by atoms with Gasteiger partial charge in [0.05, 0.1) is 6.04 Å². The highest BCUT2D eigenvalue weighted by atomic mass is 32.2. The van der Waals surface area contributed by atoms with Gasteiger partial charge in [-0.15, -0.1) is 0 Å². The maximum absolute atomic E-state index is 12.3. The summed E-state index contributed by atoms with van der Waals surface area (Å²) in [7, 11) is -5.75. The molecule has 0 aliphatic heterocycles. The molecular formula is C14H18F3NO5S. The number of nitrogens with one attached hydrogen (secondary N) is 1. The van der Waals surface area contributed by atoms with Gasteiger partial charge in [0.2, 0.25) is 0 Å². The quantitative estimate of drug-likeness (QED) is 0.649. The van der Waals surface area contributed by atoms with Crippen LogP contribution in [-0.2, 0) is 14.9 Å². The minimum absolute atomic E-state index is 0.343. The normalized spacial score (nSPS) is 14.0. The Hall–Kier alpha value is -1.97. The summed E-state index contributed by atoms with van der Waals surface area (Å²) in [6.07, 6.45) is -0.718. The smallest absolute Gasteiger partial charge is 0.444 e. The fourth-order valence-electron chi connectivity index (χ4n) is 1.58. The molecular weight excluding hydrogens is 351 g/mol. The molecule has 0 aliphatic rings. The van der Waals surface area contributed by atoms with Gasteiger partial charge in [0, 0.05) is 0 Å². The first kappa shape index (κ1) is 20.1. The monoisotopic (exact) mass is 369 g/mol. The van der Waals surface area contributed by atoms with E-state index >= 15 is 0 Å². The van der Waals surface area contributed by atoms with Crippen LogP contribution in [0.15, 0.2) is 24.3 Å². The number of benzene rings is 1. The number of hydrogen-bond acceptors (Lipinski definition) is 5. The minimum atomic E-state index is -5.75. The molecule has 0 saturated heterocycles. The van der Waals surface area contributed by atoms with Crippen LogP contribution in [0, 0.1) is 0 Å². The number of carbonyl (C=O) groups excluding carboxylic acids is 1. The molecule has 1 aromatic rings. The summed E-state index contributed by atoms with van der Waals surface area (Å²) < 4.78 is 68.1. The summed E-state index contributed by atoms with van der Waals surface area (Å²) in [6, 6.07) is 4.31. The molecule has 6 nitrogen and oxygen atoms in total. The van der Waals surface area contributed by atoms with Gasteiger partial charge in [0.15, 0.2) is 0 Å². The van der Waals surface area contributed by atoms with E-state index in [1.807, 2.05) is 0 Å². The van der Waals surface area contributed by atoms with E-state index in [0.717, 1.165) is 12.1 Å².